The van der Waals surface area contributed by atoms with E-state index in [-0.39, 0.29) is 23.7 Å². The first kappa shape index (κ1) is 24.7. The SMILES string of the molecule is CCCN(CCCC(=O)c1cnn(C(C)C)c1)C(=O)C[C@H](C)CC1=NCc2ccccc2N1. The van der Waals surface area contributed by atoms with Crippen LogP contribution in [0.3, 0.4) is 0 Å². The molecule has 1 aliphatic heterocycles. The fourth-order valence-electron chi connectivity index (χ4n) is 4.07. The van der Waals surface area contributed by atoms with Crippen LogP contribution in [0, 0.1) is 5.92 Å². The minimum Gasteiger partial charge on any atom is -0.344 e. The molecule has 1 aliphatic rings. The molecule has 0 saturated carbocycles. The van der Waals surface area contributed by atoms with Crippen LogP contribution < -0.4 is 5.32 Å². The fourth-order valence-corrected chi connectivity index (χ4v) is 4.07. The van der Waals surface area contributed by atoms with Crippen LogP contribution in [0.4, 0.5) is 5.69 Å². The first-order chi connectivity index (χ1) is 15.9. The lowest BCUT2D eigenvalue weighted by molar-refractivity contribution is -0.132. The second-order valence-corrected chi connectivity index (χ2v) is 9.27. The standard InChI is InChI=1S/C26H37N5O2/c1-5-12-30(13-8-11-24(32)22-17-28-31(18-22)19(2)3)26(33)15-20(4)14-25-27-16-21-9-6-7-10-23(21)29-25/h6-7,9-10,17-20H,5,8,11-16H2,1-4H3,(H,27,29)/t20-/m1/s1. The Balaban J connectivity index is 1.46. The van der Waals surface area contributed by atoms with Crippen molar-refractivity contribution < 1.29 is 9.59 Å². The molecule has 7 nitrogen and oxygen atoms in total. The molecule has 2 aromatic rings. The molecular formula is C26H37N5O2. The molecule has 0 aliphatic carbocycles. The van der Waals surface area contributed by atoms with Crippen molar-refractivity contribution in [3.63, 3.8) is 0 Å². The van der Waals surface area contributed by atoms with Crippen LogP contribution >= 0.6 is 0 Å². The molecule has 0 saturated heterocycles. The third kappa shape index (κ3) is 7.01. The number of nitrogens with zero attached hydrogens (tertiary/aromatic N) is 4. The van der Waals surface area contributed by atoms with Gasteiger partial charge in [-0.3, -0.25) is 19.3 Å². The lowest BCUT2D eigenvalue weighted by Gasteiger charge is -2.25. The minimum absolute atomic E-state index is 0.0841. The second-order valence-electron chi connectivity index (χ2n) is 9.27. The summed E-state index contributed by atoms with van der Waals surface area (Å²) >= 11 is 0. The van der Waals surface area contributed by atoms with Crippen LogP contribution in [-0.2, 0) is 11.3 Å². The number of amidine groups is 1. The normalized spacial score (nSPS) is 13.8. The lowest BCUT2D eigenvalue weighted by Crippen LogP contribution is -2.34. The summed E-state index contributed by atoms with van der Waals surface area (Å²) < 4.78 is 1.80. The molecule has 0 spiro atoms. The third-order valence-electron chi connectivity index (χ3n) is 5.93. The maximum atomic E-state index is 13.0. The van der Waals surface area contributed by atoms with Gasteiger partial charge in [0.15, 0.2) is 5.78 Å². The van der Waals surface area contributed by atoms with E-state index in [2.05, 4.69) is 41.4 Å². The van der Waals surface area contributed by atoms with E-state index in [4.69, 9.17) is 0 Å². The van der Waals surface area contributed by atoms with Crippen LogP contribution in [0.25, 0.3) is 0 Å². The number of anilines is 1. The lowest BCUT2D eigenvalue weighted by atomic mass is 10.0. The number of amides is 1. The zero-order valence-corrected chi connectivity index (χ0v) is 20.4. The first-order valence-corrected chi connectivity index (χ1v) is 12.1. The molecule has 1 aromatic carbocycles. The molecule has 3 rings (SSSR count). The number of hydrogen-bond donors (Lipinski definition) is 1. The molecule has 1 N–H and O–H groups in total. The highest BCUT2D eigenvalue weighted by Crippen LogP contribution is 2.22. The van der Waals surface area contributed by atoms with Gasteiger partial charge in [0.25, 0.3) is 0 Å². The summed E-state index contributed by atoms with van der Waals surface area (Å²) in [5.41, 5.74) is 2.95. The number of nitrogens with one attached hydrogen (secondary N) is 1. The van der Waals surface area contributed by atoms with Gasteiger partial charge in [0.2, 0.25) is 5.91 Å². The van der Waals surface area contributed by atoms with E-state index in [1.165, 1.54) is 5.56 Å². The average molecular weight is 452 g/mol. The molecule has 0 bridgehead atoms. The van der Waals surface area contributed by atoms with E-state index in [0.29, 0.717) is 37.9 Å². The van der Waals surface area contributed by atoms with Gasteiger partial charge in [0.05, 0.1) is 18.3 Å². The Labute approximate surface area is 197 Å². The van der Waals surface area contributed by atoms with Gasteiger partial charge in [-0.2, -0.15) is 5.10 Å². The van der Waals surface area contributed by atoms with Gasteiger partial charge in [-0.15, -0.1) is 0 Å². The van der Waals surface area contributed by atoms with Crippen molar-refractivity contribution in [1.82, 2.24) is 14.7 Å². The highest BCUT2D eigenvalue weighted by atomic mass is 16.2. The molecular weight excluding hydrogens is 414 g/mol. The zero-order valence-electron chi connectivity index (χ0n) is 20.4. The Morgan fingerprint density at radius 3 is 2.70 bits per heavy atom. The molecule has 0 unspecified atom stereocenters. The molecule has 7 heteroatoms. The van der Waals surface area contributed by atoms with Crippen molar-refractivity contribution in [2.45, 2.75) is 72.4 Å². The highest BCUT2D eigenvalue weighted by molar-refractivity contribution is 5.98. The number of carbonyl (C=O) groups excluding carboxylic acids is 2. The smallest absolute Gasteiger partial charge is 0.222 e. The quantitative estimate of drug-likeness (QED) is 0.455. The molecule has 33 heavy (non-hydrogen) atoms. The fraction of sp³-hybridized carbons (Fsp3) is 0.538. The van der Waals surface area contributed by atoms with E-state index in [1.54, 1.807) is 10.9 Å². The van der Waals surface area contributed by atoms with Crippen molar-refractivity contribution in [3.05, 3.63) is 47.8 Å². The van der Waals surface area contributed by atoms with Crippen LogP contribution in [0.1, 0.15) is 81.8 Å². The molecule has 1 aromatic heterocycles. The Hall–Kier alpha value is -2.96. The van der Waals surface area contributed by atoms with Gasteiger partial charge in [-0.05, 0) is 44.2 Å². The van der Waals surface area contributed by atoms with Gasteiger partial charge >= 0.3 is 0 Å². The third-order valence-corrected chi connectivity index (χ3v) is 5.93. The largest absolute Gasteiger partial charge is 0.344 e. The van der Waals surface area contributed by atoms with Gasteiger partial charge in [-0.1, -0.05) is 32.0 Å². The van der Waals surface area contributed by atoms with Crippen LogP contribution in [0.5, 0.6) is 0 Å². The van der Waals surface area contributed by atoms with E-state index in [0.717, 1.165) is 30.9 Å². The number of hydrogen-bond acceptors (Lipinski definition) is 5. The summed E-state index contributed by atoms with van der Waals surface area (Å²) in [5, 5.41) is 7.65. The molecule has 178 valence electrons. The predicted octanol–water partition coefficient (Wildman–Crippen LogP) is 5.11. The zero-order chi connectivity index (χ0) is 23.8. The van der Waals surface area contributed by atoms with Crippen molar-refractivity contribution in [3.8, 4) is 0 Å². The Kier molecular flexibility index (Phi) is 8.80. The molecule has 2 heterocycles. The Morgan fingerprint density at radius 1 is 1.18 bits per heavy atom. The molecule has 0 fully saturated rings. The van der Waals surface area contributed by atoms with E-state index in [1.807, 2.05) is 37.1 Å². The summed E-state index contributed by atoms with van der Waals surface area (Å²) in [4.78, 5) is 32.0. The summed E-state index contributed by atoms with van der Waals surface area (Å²) in [6.45, 7) is 10.3. The van der Waals surface area contributed by atoms with Crippen LogP contribution in [0.15, 0.2) is 41.7 Å². The number of carbonyl (C=O) groups is 2. The van der Waals surface area contributed by atoms with Crippen molar-refractivity contribution in [1.29, 1.82) is 0 Å². The van der Waals surface area contributed by atoms with Crippen molar-refractivity contribution in [2.24, 2.45) is 10.9 Å². The summed E-state index contributed by atoms with van der Waals surface area (Å²) in [5.74, 6) is 1.38. The maximum Gasteiger partial charge on any atom is 0.222 e. The van der Waals surface area contributed by atoms with Crippen molar-refractivity contribution >= 4 is 23.2 Å². The Morgan fingerprint density at radius 2 is 1.97 bits per heavy atom. The average Bonchev–Trinajstić information content (AvgIpc) is 3.29. The van der Waals surface area contributed by atoms with Gasteiger partial charge < -0.3 is 10.2 Å². The molecule has 1 atom stereocenters. The van der Waals surface area contributed by atoms with E-state index in [9.17, 15) is 9.59 Å². The first-order valence-electron chi connectivity index (χ1n) is 12.1. The summed E-state index contributed by atoms with van der Waals surface area (Å²) in [6.07, 6.45) is 6.67. The number of para-hydroxylation sites is 1. The number of aromatic nitrogens is 2. The molecule has 1 amide bonds. The summed E-state index contributed by atoms with van der Waals surface area (Å²) in [6, 6.07) is 8.43. The number of benzene rings is 1. The van der Waals surface area contributed by atoms with Crippen LogP contribution in [0.2, 0.25) is 0 Å². The van der Waals surface area contributed by atoms with Gasteiger partial charge in [0.1, 0.15) is 5.84 Å². The second kappa shape index (κ2) is 11.8. The number of ketones is 1. The number of aliphatic imine (C=N–C) groups is 1. The van der Waals surface area contributed by atoms with Gasteiger partial charge in [-0.25, -0.2) is 0 Å². The number of rotatable bonds is 12. The highest BCUT2D eigenvalue weighted by Gasteiger charge is 2.20. The number of fused-ring (bicyclic) bond motifs is 1. The number of Topliss-reactive ketones (excluding diaryl/α,β-unsaturated/α-hetero) is 1. The Bertz CT molecular complexity index is 979. The summed E-state index contributed by atoms with van der Waals surface area (Å²) in [7, 11) is 0. The van der Waals surface area contributed by atoms with Crippen molar-refractivity contribution in [2.75, 3.05) is 18.4 Å². The van der Waals surface area contributed by atoms with Crippen LogP contribution in [-0.4, -0.2) is 45.3 Å². The van der Waals surface area contributed by atoms with E-state index >= 15 is 0 Å². The molecule has 0 radical (unpaired) electrons. The topological polar surface area (TPSA) is 79.6 Å². The minimum atomic E-state index is 0.0841. The monoisotopic (exact) mass is 451 g/mol. The van der Waals surface area contributed by atoms with Gasteiger partial charge in [0, 0.05) is 50.3 Å². The predicted molar refractivity (Wildman–Crippen MR) is 133 cm³/mol. The maximum absolute atomic E-state index is 13.0. The van der Waals surface area contributed by atoms with E-state index < -0.39 is 0 Å².